The molecule has 10 heavy (non-hydrogen) atoms. The number of fused-ring (bicyclic) bond motifs is 2. The molecular weight excluding hydrogens is 126 g/mol. The molecule has 0 saturated carbocycles. The monoisotopic (exact) mass is 139 g/mol. The predicted octanol–water partition coefficient (Wildman–Crippen LogP) is 0.812. The fourth-order valence-electron chi connectivity index (χ4n) is 2.21. The van der Waals surface area contributed by atoms with Crippen molar-refractivity contribution < 1.29 is 4.79 Å². The SMILES string of the molecule is CN1[C@H]2CCC[C@@H]1C(=O)C2. The van der Waals surface area contributed by atoms with Crippen molar-refractivity contribution in [1.82, 2.24) is 4.90 Å². The van der Waals surface area contributed by atoms with Crippen molar-refractivity contribution in [3.05, 3.63) is 0 Å². The topological polar surface area (TPSA) is 20.3 Å². The summed E-state index contributed by atoms with van der Waals surface area (Å²) in [5, 5.41) is 0. The van der Waals surface area contributed by atoms with E-state index in [1.54, 1.807) is 0 Å². The van der Waals surface area contributed by atoms with Gasteiger partial charge in [0.2, 0.25) is 0 Å². The first kappa shape index (κ1) is 6.35. The Balaban J connectivity index is 2.22. The van der Waals surface area contributed by atoms with Crippen LogP contribution in [-0.4, -0.2) is 29.8 Å². The zero-order valence-corrected chi connectivity index (χ0v) is 6.34. The molecule has 0 N–H and O–H groups in total. The highest BCUT2D eigenvalue weighted by molar-refractivity contribution is 5.87. The Kier molecular flexibility index (Phi) is 1.31. The maximum atomic E-state index is 11.2. The van der Waals surface area contributed by atoms with E-state index in [-0.39, 0.29) is 0 Å². The molecule has 2 fully saturated rings. The summed E-state index contributed by atoms with van der Waals surface area (Å²) in [5.41, 5.74) is 0. The number of hydrogen-bond donors (Lipinski definition) is 0. The molecule has 2 bridgehead atoms. The molecule has 0 aliphatic carbocycles. The van der Waals surface area contributed by atoms with Crippen LogP contribution in [-0.2, 0) is 4.79 Å². The van der Waals surface area contributed by atoms with Crippen molar-refractivity contribution in [2.75, 3.05) is 7.05 Å². The molecule has 2 aliphatic heterocycles. The van der Waals surface area contributed by atoms with Gasteiger partial charge in [0.25, 0.3) is 0 Å². The van der Waals surface area contributed by atoms with E-state index in [9.17, 15) is 4.79 Å². The van der Waals surface area contributed by atoms with Gasteiger partial charge >= 0.3 is 0 Å². The van der Waals surface area contributed by atoms with Crippen molar-refractivity contribution in [1.29, 1.82) is 0 Å². The van der Waals surface area contributed by atoms with Crippen molar-refractivity contribution in [2.45, 2.75) is 37.8 Å². The van der Waals surface area contributed by atoms with Crippen LogP contribution in [0.15, 0.2) is 0 Å². The van der Waals surface area contributed by atoms with Gasteiger partial charge in [0.15, 0.2) is 5.78 Å². The van der Waals surface area contributed by atoms with Gasteiger partial charge in [-0.05, 0) is 26.3 Å². The molecule has 2 aliphatic rings. The van der Waals surface area contributed by atoms with Crippen LogP contribution in [0, 0.1) is 0 Å². The van der Waals surface area contributed by atoms with Crippen LogP contribution in [0.4, 0.5) is 0 Å². The lowest BCUT2D eigenvalue weighted by Crippen LogP contribution is -2.37. The number of hydrogen-bond acceptors (Lipinski definition) is 2. The summed E-state index contributed by atoms with van der Waals surface area (Å²) in [6.45, 7) is 0. The Morgan fingerprint density at radius 2 is 2.30 bits per heavy atom. The van der Waals surface area contributed by atoms with Crippen molar-refractivity contribution in [3.8, 4) is 0 Å². The summed E-state index contributed by atoms with van der Waals surface area (Å²) >= 11 is 0. The van der Waals surface area contributed by atoms with Crippen molar-refractivity contribution in [3.63, 3.8) is 0 Å². The van der Waals surface area contributed by atoms with Gasteiger partial charge in [-0.15, -0.1) is 0 Å². The van der Waals surface area contributed by atoms with Crippen LogP contribution in [0.5, 0.6) is 0 Å². The van der Waals surface area contributed by atoms with E-state index in [0.717, 1.165) is 12.8 Å². The maximum Gasteiger partial charge on any atom is 0.151 e. The van der Waals surface area contributed by atoms with E-state index in [1.165, 1.54) is 12.8 Å². The number of carbonyl (C=O) groups excluding carboxylic acids is 1. The zero-order valence-electron chi connectivity index (χ0n) is 6.34. The van der Waals surface area contributed by atoms with Gasteiger partial charge in [0, 0.05) is 12.5 Å². The minimum absolute atomic E-state index is 0.291. The molecule has 2 heteroatoms. The second kappa shape index (κ2) is 2.06. The molecule has 0 unspecified atom stereocenters. The minimum atomic E-state index is 0.291. The molecule has 2 heterocycles. The molecule has 0 aromatic heterocycles. The van der Waals surface area contributed by atoms with E-state index in [4.69, 9.17) is 0 Å². The lowest BCUT2D eigenvalue weighted by molar-refractivity contribution is -0.119. The molecule has 2 atom stereocenters. The van der Waals surface area contributed by atoms with Gasteiger partial charge in [-0.1, -0.05) is 0 Å². The molecule has 0 amide bonds. The smallest absolute Gasteiger partial charge is 0.151 e. The Labute approximate surface area is 61.2 Å². The van der Waals surface area contributed by atoms with Gasteiger partial charge in [0.1, 0.15) is 0 Å². The van der Waals surface area contributed by atoms with E-state index in [1.807, 2.05) is 0 Å². The third-order valence-corrected chi connectivity index (χ3v) is 2.89. The van der Waals surface area contributed by atoms with E-state index in [0.29, 0.717) is 17.9 Å². The highest BCUT2D eigenvalue weighted by Crippen LogP contribution is 2.31. The quantitative estimate of drug-likeness (QED) is 0.495. The average molecular weight is 139 g/mol. The molecule has 0 aromatic carbocycles. The van der Waals surface area contributed by atoms with E-state index < -0.39 is 0 Å². The molecule has 0 spiro atoms. The van der Waals surface area contributed by atoms with Crippen LogP contribution in [0.25, 0.3) is 0 Å². The molecule has 2 saturated heterocycles. The zero-order chi connectivity index (χ0) is 7.14. The Morgan fingerprint density at radius 3 is 2.90 bits per heavy atom. The summed E-state index contributed by atoms with van der Waals surface area (Å²) in [4.78, 5) is 13.5. The Morgan fingerprint density at radius 1 is 1.50 bits per heavy atom. The number of ketones is 1. The molecule has 56 valence electrons. The fourth-order valence-corrected chi connectivity index (χ4v) is 2.21. The van der Waals surface area contributed by atoms with Gasteiger partial charge in [-0.2, -0.15) is 0 Å². The van der Waals surface area contributed by atoms with E-state index >= 15 is 0 Å². The maximum absolute atomic E-state index is 11.2. The van der Waals surface area contributed by atoms with Gasteiger partial charge < -0.3 is 0 Å². The van der Waals surface area contributed by atoms with Crippen LogP contribution in [0.2, 0.25) is 0 Å². The number of Topliss-reactive ketones (excluding diaryl/α,β-unsaturated/α-hetero) is 1. The number of rotatable bonds is 0. The summed E-state index contributed by atoms with van der Waals surface area (Å²) in [6.07, 6.45) is 4.41. The number of carbonyl (C=O) groups is 1. The molecule has 2 nitrogen and oxygen atoms in total. The summed E-state index contributed by atoms with van der Waals surface area (Å²) < 4.78 is 0. The highest BCUT2D eigenvalue weighted by atomic mass is 16.1. The first-order valence-electron chi connectivity index (χ1n) is 4.03. The summed E-state index contributed by atoms with van der Waals surface area (Å²) in [5.74, 6) is 0.477. The molecule has 0 aromatic rings. The lowest BCUT2D eigenvalue weighted by atomic mass is 10.0. The average Bonchev–Trinajstić information content (AvgIpc) is 2.16. The number of piperidine rings is 1. The molecule has 2 rings (SSSR count). The molecule has 0 radical (unpaired) electrons. The lowest BCUT2D eigenvalue weighted by Gasteiger charge is -2.29. The Bertz CT molecular complexity index is 167. The van der Waals surface area contributed by atoms with Crippen LogP contribution >= 0.6 is 0 Å². The summed E-state index contributed by atoms with van der Waals surface area (Å²) in [7, 11) is 2.08. The van der Waals surface area contributed by atoms with Gasteiger partial charge in [0.05, 0.1) is 6.04 Å². The van der Waals surface area contributed by atoms with Crippen LogP contribution in [0.1, 0.15) is 25.7 Å². The normalized spacial score (nSPS) is 40.7. The third kappa shape index (κ3) is 0.717. The van der Waals surface area contributed by atoms with E-state index in [2.05, 4.69) is 11.9 Å². The molecular formula is C8H13NO. The van der Waals surface area contributed by atoms with Crippen molar-refractivity contribution >= 4 is 5.78 Å². The minimum Gasteiger partial charge on any atom is -0.298 e. The van der Waals surface area contributed by atoms with Crippen LogP contribution < -0.4 is 0 Å². The Hall–Kier alpha value is -0.370. The van der Waals surface area contributed by atoms with Gasteiger partial charge in [-0.3, -0.25) is 9.69 Å². The number of likely N-dealkylation sites (N-methyl/N-ethyl adjacent to an activating group) is 1. The second-order valence-electron chi connectivity index (χ2n) is 3.44. The predicted molar refractivity (Wildman–Crippen MR) is 38.8 cm³/mol. The first-order chi connectivity index (χ1) is 4.79. The second-order valence-corrected chi connectivity index (χ2v) is 3.44. The van der Waals surface area contributed by atoms with Crippen molar-refractivity contribution in [2.24, 2.45) is 0 Å². The van der Waals surface area contributed by atoms with Gasteiger partial charge in [-0.25, -0.2) is 0 Å². The highest BCUT2D eigenvalue weighted by Gasteiger charge is 2.39. The first-order valence-corrected chi connectivity index (χ1v) is 4.03. The summed E-state index contributed by atoms with van der Waals surface area (Å²) in [6, 6.07) is 0.880. The van der Waals surface area contributed by atoms with Crippen LogP contribution in [0.3, 0.4) is 0 Å². The largest absolute Gasteiger partial charge is 0.298 e. The standard InChI is InChI=1S/C8H13NO/c1-9-6-3-2-4-7(9)8(10)5-6/h6-7H,2-5H2,1H3/t6-,7+/m0/s1. The third-order valence-electron chi connectivity index (χ3n) is 2.89. The fraction of sp³-hybridized carbons (Fsp3) is 0.875. The number of nitrogens with zero attached hydrogens (tertiary/aromatic N) is 1.